The first-order valence-corrected chi connectivity index (χ1v) is 6.38. The van der Waals surface area contributed by atoms with Crippen molar-refractivity contribution in [1.82, 2.24) is 4.57 Å². The topological polar surface area (TPSA) is 22.0 Å². The molecule has 0 saturated heterocycles. The van der Waals surface area contributed by atoms with E-state index in [1.54, 1.807) is 0 Å². The lowest BCUT2D eigenvalue weighted by atomic mass is 10.0. The SMILES string of the molecule is Cn1c(C=O)c(-c2ccccc2)c2cc(Cl)ccc21. The molecule has 19 heavy (non-hydrogen) atoms. The van der Waals surface area contributed by atoms with Crippen molar-refractivity contribution in [2.45, 2.75) is 0 Å². The number of aldehydes is 1. The van der Waals surface area contributed by atoms with E-state index < -0.39 is 0 Å². The molecule has 0 amide bonds. The van der Waals surface area contributed by atoms with Crippen LogP contribution in [-0.2, 0) is 7.05 Å². The van der Waals surface area contributed by atoms with Crippen LogP contribution in [0.1, 0.15) is 10.5 Å². The van der Waals surface area contributed by atoms with Gasteiger partial charge in [-0.25, -0.2) is 0 Å². The second-order valence-corrected chi connectivity index (χ2v) is 4.90. The van der Waals surface area contributed by atoms with E-state index in [9.17, 15) is 4.79 Å². The predicted octanol–water partition coefficient (Wildman–Crippen LogP) is 4.31. The second-order valence-electron chi connectivity index (χ2n) is 4.46. The quantitative estimate of drug-likeness (QED) is 0.636. The Morgan fingerprint density at radius 1 is 1.11 bits per heavy atom. The van der Waals surface area contributed by atoms with Crippen molar-refractivity contribution in [3.63, 3.8) is 0 Å². The summed E-state index contributed by atoms with van der Waals surface area (Å²) in [5.74, 6) is 0. The molecule has 0 aliphatic heterocycles. The van der Waals surface area contributed by atoms with Gasteiger partial charge in [0.25, 0.3) is 0 Å². The molecule has 3 heteroatoms. The van der Waals surface area contributed by atoms with Crippen LogP contribution in [0.5, 0.6) is 0 Å². The zero-order chi connectivity index (χ0) is 13.4. The third kappa shape index (κ3) is 1.85. The lowest BCUT2D eigenvalue weighted by Crippen LogP contribution is -1.95. The van der Waals surface area contributed by atoms with Gasteiger partial charge in [-0.15, -0.1) is 0 Å². The monoisotopic (exact) mass is 269 g/mol. The molecule has 0 spiro atoms. The fourth-order valence-corrected chi connectivity index (χ4v) is 2.65. The van der Waals surface area contributed by atoms with Crippen LogP contribution in [0.3, 0.4) is 0 Å². The van der Waals surface area contributed by atoms with E-state index in [0.29, 0.717) is 10.7 Å². The number of carbonyl (C=O) groups excluding carboxylic acids is 1. The molecule has 0 atom stereocenters. The molecule has 2 nitrogen and oxygen atoms in total. The highest BCUT2D eigenvalue weighted by molar-refractivity contribution is 6.31. The van der Waals surface area contributed by atoms with Crippen molar-refractivity contribution in [2.24, 2.45) is 7.05 Å². The number of hydrogen-bond acceptors (Lipinski definition) is 1. The largest absolute Gasteiger partial charge is 0.341 e. The highest BCUT2D eigenvalue weighted by atomic mass is 35.5. The van der Waals surface area contributed by atoms with E-state index in [1.165, 1.54) is 0 Å². The van der Waals surface area contributed by atoms with Crippen molar-refractivity contribution in [2.75, 3.05) is 0 Å². The minimum absolute atomic E-state index is 0.670. The van der Waals surface area contributed by atoms with E-state index >= 15 is 0 Å². The molecule has 0 N–H and O–H groups in total. The molecule has 0 unspecified atom stereocenters. The lowest BCUT2D eigenvalue weighted by molar-refractivity contribution is 0.111. The number of fused-ring (bicyclic) bond motifs is 1. The van der Waals surface area contributed by atoms with E-state index in [4.69, 9.17) is 11.6 Å². The van der Waals surface area contributed by atoms with Gasteiger partial charge in [0.2, 0.25) is 0 Å². The Labute approximate surface area is 116 Å². The van der Waals surface area contributed by atoms with Gasteiger partial charge in [0.1, 0.15) is 0 Å². The Morgan fingerprint density at radius 3 is 2.53 bits per heavy atom. The number of halogens is 1. The number of hydrogen-bond donors (Lipinski definition) is 0. The number of carbonyl (C=O) groups is 1. The Hall–Kier alpha value is -2.06. The van der Waals surface area contributed by atoms with E-state index in [1.807, 2.05) is 60.1 Å². The fourth-order valence-electron chi connectivity index (χ4n) is 2.48. The van der Waals surface area contributed by atoms with Gasteiger partial charge in [0.15, 0.2) is 6.29 Å². The van der Waals surface area contributed by atoms with Gasteiger partial charge < -0.3 is 4.57 Å². The summed E-state index contributed by atoms with van der Waals surface area (Å²) in [6.07, 6.45) is 0.899. The van der Waals surface area contributed by atoms with E-state index in [2.05, 4.69) is 0 Å². The van der Waals surface area contributed by atoms with Crippen LogP contribution in [-0.4, -0.2) is 10.9 Å². The van der Waals surface area contributed by atoms with Gasteiger partial charge in [0, 0.05) is 28.5 Å². The molecule has 0 bridgehead atoms. The minimum Gasteiger partial charge on any atom is -0.341 e. The summed E-state index contributed by atoms with van der Waals surface area (Å²) in [7, 11) is 1.90. The summed E-state index contributed by atoms with van der Waals surface area (Å²) in [6, 6.07) is 15.6. The zero-order valence-electron chi connectivity index (χ0n) is 10.4. The fraction of sp³-hybridized carbons (Fsp3) is 0.0625. The first-order chi connectivity index (χ1) is 9.22. The smallest absolute Gasteiger partial charge is 0.167 e. The van der Waals surface area contributed by atoms with Crippen molar-refractivity contribution in [1.29, 1.82) is 0 Å². The molecular weight excluding hydrogens is 258 g/mol. The molecule has 3 aromatic rings. The molecule has 94 valence electrons. The second kappa shape index (κ2) is 4.56. The lowest BCUT2D eigenvalue weighted by Gasteiger charge is -2.01. The maximum absolute atomic E-state index is 11.4. The summed E-state index contributed by atoms with van der Waals surface area (Å²) in [4.78, 5) is 11.4. The molecule has 1 aromatic heterocycles. The Morgan fingerprint density at radius 2 is 1.84 bits per heavy atom. The van der Waals surface area contributed by atoms with Crippen LogP contribution < -0.4 is 0 Å². The van der Waals surface area contributed by atoms with E-state index in [0.717, 1.165) is 28.3 Å². The molecular formula is C16H12ClNO. The van der Waals surface area contributed by atoms with E-state index in [-0.39, 0.29) is 0 Å². The van der Waals surface area contributed by atoms with Crippen molar-refractivity contribution >= 4 is 28.8 Å². The van der Waals surface area contributed by atoms with Gasteiger partial charge in [0.05, 0.1) is 5.69 Å². The number of rotatable bonds is 2. The van der Waals surface area contributed by atoms with Crippen molar-refractivity contribution < 1.29 is 4.79 Å². The molecule has 3 rings (SSSR count). The Kier molecular flexibility index (Phi) is 2.88. The summed E-state index contributed by atoms with van der Waals surface area (Å²) < 4.78 is 1.90. The van der Waals surface area contributed by atoms with Crippen LogP contribution in [0.2, 0.25) is 5.02 Å². The molecule has 2 aromatic carbocycles. The Balaban J connectivity index is 2.45. The number of benzene rings is 2. The maximum atomic E-state index is 11.4. The van der Waals surface area contributed by atoms with Gasteiger partial charge >= 0.3 is 0 Å². The summed E-state index contributed by atoms with van der Waals surface area (Å²) in [5.41, 5.74) is 3.64. The van der Waals surface area contributed by atoms with Crippen LogP contribution >= 0.6 is 11.6 Å². The average molecular weight is 270 g/mol. The number of aromatic nitrogens is 1. The van der Waals surface area contributed by atoms with Crippen molar-refractivity contribution in [3.05, 3.63) is 59.2 Å². The van der Waals surface area contributed by atoms with Gasteiger partial charge in [-0.2, -0.15) is 0 Å². The van der Waals surface area contributed by atoms with Crippen molar-refractivity contribution in [3.8, 4) is 11.1 Å². The minimum atomic E-state index is 0.670. The van der Waals surface area contributed by atoms with Crippen LogP contribution in [0.15, 0.2) is 48.5 Å². The van der Waals surface area contributed by atoms with Gasteiger partial charge in [-0.05, 0) is 23.8 Å². The van der Waals surface area contributed by atoms with Crippen LogP contribution in [0.25, 0.3) is 22.0 Å². The zero-order valence-corrected chi connectivity index (χ0v) is 11.2. The summed E-state index contributed by atoms with van der Waals surface area (Å²) in [6.45, 7) is 0. The predicted molar refractivity (Wildman–Crippen MR) is 78.8 cm³/mol. The first-order valence-electron chi connectivity index (χ1n) is 6.01. The highest BCUT2D eigenvalue weighted by Gasteiger charge is 2.16. The number of aryl methyl sites for hydroxylation is 1. The van der Waals surface area contributed by atoms with Crippen LogP contribution in [0.4, 0.5) is 0 Å². The average Bonchev–Trinajstić information content (AvgIpc) is 2.71. The summed E-state index contributed by atoms with van der Waals surface area (Å²) >= 11 is 6.09. The molecule has 0 fully saturated rings. The number of nitrogens with zero attached hydrogens (tertiary/aromatic N) is 1. The highest BCUT2D eigenvalue weighted by Crippen LogP contribution is 2.34. The standard InChI is InChI=1S/C16H12ClNO/c1-18-14-8-7-12(17)9-13(14)16(15(18)10-19)11-5-3-2-4-6-11/h2-10H,1H3. The summed E-state index contributed by atoms with van der Waals surface area (Å²) in [5, 5.41) is 1.68. The first kappa shape index (κ1) is 12.0. The van der Waals surface area contributed by atoms with Gasteiger partial charge in [-0.3, -0.25) is 4.79 Å². The Bertz CT molecular complexity index is 759. The normalized spacial score (nSPS) is 10.8. The third-order valence-electron chi connectivity index (χ3n) is 3.38. The molecule has 0 aliphatic rings. The van der Waals surface area contributed by atoms with Gasteiger partial charge in [-0.1, -0.05) is 41.9 Å². The molecule has 0 radical (unpaired) electrons. The maximum Gasteiger partial charge on any atom is 0.167 e. The third-order valence-corrected chi connectivity index (χ3v) is 3.62. The molecule has 1 heterocycles. The molecule has 0 aliphatic carbocycles. The van der Waals surface area contributed by atoms with Crippen LogP contribution in [0, 0.1) is 0 Å². The molecule has 0 saturated carbocycles.